The lowest BCUT2D eigenvalue weighted by Crippen LogP contribution is -2.60. The first kappa shape index (κ1) is 68.3. The second-order valence-corrected chi connectivity index (χ2v) is 25.8. The van der Waals surface area contributed by atoms with E-state index >= 15 is 0 Å². The maximum absolute atomic E-state index is 13.2. The van der Waals surface area contributed by atoms with Gasteiger partial charge in [0, 0.05) is 21.5 Å². The highest BCUT2D eigenvalue weighted by atomic mass is 79.9. The summed E-state index contributed by atoms with van der Waals surface area (Å²) in [5.74, 6) is -8.65. The van der Waals surface area contributed by atoms with E-state index in [1.54, 1.807) is 47.6 Å². The first-order valence-electron chi connectivity index (χ1n) is 25.9. The molecule has 490 valence electrons. The number of hydrogen-bond acceptors (Lipinski definition) is 21. The van der Waals surface area contributed by atoms with E-state index in [0.717, 1.165) is 16.6 Å². The van der Waals surface area contributed by atoms with Crippen molar-refractivity contribution in [2.75, 3.05) is 26.4 Å². The Morgan fingerprint density at radius 3 is 1.61 bits per heavy atom. The lowest BCUT2D eigenvalue weighted by molar-refractivity contribution is -0.383. The van der Waals surface area contributed by atoms with Gasteiger partial charge < -0.3 is 66.4 Å². The van der Waals surface area contributed by atoms with E-state index < -0.39 is 145 Å². The van der Waals surface area contributed by atoms with Crippen LogP contribution in [0.2, 0.25) is 0 Å². The molecule has 0 radical (unpaired) electrons. The van der Waals surface area contributed by atoms with Crippen molar-refractivity contribution in [3.8, 4) is 16.5 Å². The summed E-state index contributed by atoms with van der Waals surface area (Å²) in [6.45, 7) is 15.4. The summed E-state index contributed by atoms with van der Waals surface area (Å²) >= 11 is 8.08. The maximum Gasteiger partial charge on any atom is 0.591 e. The Balaban J connectivity index is 0.000000159. The van der Waals surface area contributed by atoms with Crippen LogP contribution >= 0.6 is 54.5 Å². The molecule has 2 aromatic carbocycles. The molecule has 6 saturated heterocycles. The van der Waals surface area contributed by atoms with E-state index in [1.807, 2.05) is 19.2 Å². The van der Waals surface area contributed by atoms with Gasteiger partial charge in [-0.3, -0.25) is 10.1 Å². The Labute approximate surface area is 519 Å². The Kier molecular flexibility index (Phi) is 18.3. The van der Waals surface area contributed by atoms with Crippen molar-refractivity contribution in [1.82, 2.24) is 9.71 Å². The number of carbonyl (C=O) groups is 2. The van der Waals surface area contributed by atoms with Crippen LogP contribution in [0.15, 0.2) is 56.8 Å². The number of ether oxygens (including phenoxy) is 13. The van der Waals surface area contributed by atoms with E-state index in [9.17, 15) is 72.4 Å². The van der Waals surface area contributed by atoms with Gasteiger partial charge in [-0.2, -0.15) is 31.1 Å². The van der Waals surface area contributed by atoms with E-state index in [1.165, 1.54) is 24.3 Å². The number of esters is 2. The van der Waals surface area contributed by atoms with Crippen LogP contribution in [0.3, 0.4) is 0 Å². The Morgan fingerprint density at radius 1 is 0.674 bits per heavy atom. The number of benzene rings is 2. The van der Waals surface area contributed by atoms with Crippen molar-refractivity contribution >= 4 is 83.2 Å². The third-order valence-electron chi connectivity index (χ3n) is 13.3. The molecule has 6 aliphatic rings. The normalized spacial score (nSPS) is 27.2. The summed E-state index contributed by atoms with van der Waals surface area (Å²) in [5, 5.41) is 12.6. The van der Waals surface area contributed by atoms with Crippen LogP contribution in [0.25, 0.3) is 22.4 Å². The van der Waals surface area contributed by atoms with Crippen LogP contribution in [-0.2, 0) is 69.2 Å². The number of carbonyl (C=O) groups excluding carboxylic acids is 2. The molecular formula is C52H49Br2F12N3O18S2. The number of non-ortho nitro benzene ring substituents is 1. The summed E-state index contributed by atoms with van der Waals surface area (Å²) in [4.78, 5) is 42.8. The van der Waals surface area contributed by atoms with Crippen molar-refractivity contribution in [3.63, 3.8) is 0 Å². The SMILES string of the molecule is CC1(C)O[C@@H]2[C@@H](CO[C@@]3(COC(=O)c4cc(Br)c(OC(F)(F)F)s4)OC(C)(C)O[C@@H]23)O1.CC1(C)O[C@@H]2[C@@H](CO[C@@]3(COC(=O)c4cc(Br)cs4)OC(C)(C)O[C@@H]23)O1.Cc1cc([N+](=O)[O-])c2nc(-c3cc(C(F)(F)F)cc(C(F)(F)F)c3)n(OC(F)(F)F)c2c1. The van der Waals surface area contributed by atoms with Crippen molar-refractivity contribution in [1.29, 1.82) is 0 Å². The summed E-state index contributed by atoms with van der Waals surface area (Å²) in [6.07, 6.45) is -23.8. The molecule has 0 aliphatic carbocycles. The molecule has 3 aromatic heterocycles. The minimum absolute atomic E-state index is 0.0186. The smallest absolute Gasteiger partial charge is 0.456 e. The number of hydrogen-bond donors (Lipinski definition) is 0. The van der Waals surface area contributed by atoms with Gasteiger partial charge >= 0.3 is 37.0 Å². The quantitative estimate of drug-likeness (QED) is 0.0548. The van der Waals surface area contributed by atoms with Gasteiger partial charge in [0.05, 0.1) is 33.7 Å². The summed E-state index contributed by atoms with van der Waals surface area (Å²) < 4.78 is 230. The number of rotatable bonds is 10. The monoisotopic (exact) mass is 1450 g/mol. The maximum atomic E-state index is 13.2. The fourth-order valence-electron chi connectivity index (χ4n) is 10.3. The number of halogens is 14. The van der Waals surface area contributed by atoms with Gasteiger partial charge in [-0.05, 0) is 136 Å². The number of imidazole rings is 1. The molecule has 6 aliphatic heterocycles. The number of nitro benzene ring substituents is 1. The van der Waals surface area contributed by atoms with Crippen molar-refractivity contribution in [2.24, 2.45) is 0 Å². The Bertz CT molecular complexity index is 3490. The number of nitrogens with zero attached hydrogens (tertiary/aromatic N) is 3. The number of aryl methyl sites for hydroxylation is 1. The van der Waals surface area contributed by atoms with Gasteiger partial charge in [-0.15, -0.1) is 37.7 Å². The van der Waals surface area contributed by atoms with Gasteiger partial charge in [0.25, 0.3) is 5.69 Å². The van der Waals surface area contributed by atoms with Gasteiger partial charge in [-0.1, -0.05) is 11.3 Å². The van der Waals surface area contributed by atoms with Crippen LogP contribution in [-0.4, -0.2) is 137 Å². The minimum atomic E-state index is -5.46. The Hall–Kier alpha value is -5.03. The molecule has 6 fully saturated rings. The third kappa shape index (κ3) is 15.4. The number of nitro groups is 1. The van der Waals surface area contributed by atoms with Crippen LogP contribution in [0.4, 0.5) is 58.4 Å². The van der Waals surface area contributed by atoms with Gasteiger partial charge in [0.2, 0.25) is 11.6 Å². The van der Waals surface area contributed by atoms with Crippen molar-refractivity contribution < 1.29 is 134 Å². The predicted octanol–water partition coefficient (Wildman–Crippen LogP) is 12.9. The summed E-state index contributed by atoms with van der Waals surface area (Å²) in [5.41, 5.74) is -6.88. The van der Waals surface area contributed by atoms with Crippen LogP contribution < -0.4 is 9.57 Å². The molecule has 5 aromatic rings. The topological polar surface area (TPSA) is 224 Å². The molecular weight excluding hydrogens is 1410 g/mol. The highest BCUT2D eigenvalue weighted by molar-refractivity contribution is 9.11. The molecule has 89 heavy (non-hydrogen) atoms. The summed E-state index contributed by atoms with van der Waals surface area (Å²) in [7, 11) is 0. The van der Waals surface area contributed by atoms with Crippen LogP contribution in [0.1, 0.15) is 91.4 Å². The first-order valence-corrected chi connectivity index (χ1v) is 29.2. The highest BCUT2D eigenvalue weighted by Gasteiger charge is 2.67. The zero-order chi connectivity index (χ0) is 65.8. The lowest BCUT2D eigenvalue weighted by atomic mass is 9.97. The van der Waals surface area contributed by atoms with Crippen LogP contribution in [0.5, 0.6) is 5.06 Å². The molecule has 21 nitrogen and oxygen atoms in total. The zero-order valence-corrected chi connectivity index (χ0v) is 52.0. The molecule has 0 spiro atoms. The number of thiophene rings is 2. The minimum Gasteiger partial charge on any atom is -0.456 e. The standard InChI is InChI=1S/C18H20BrF3O8S.C17H21BrO7S.C17H8F9N3O3/c1-15(2)26-9-6-25-17(12(11(9)27-15)28-16(3,4)30-17)7-24-13(23)10-5-8(19)14(31-10)29-18(20,21)22;1-15(2)22-10-6-21-17(8-20-14(19)11-5-9(18)7-26-11)13(12(10)23-15)24-16(3,4)25-17;1-7-2-11-13(12(3-7)29(30)31)27-14(28(11)32-17(24,25)26)8-4-9(15(18,19)20)6-10(5-8)16(21,22)23/h5,9,11-12H,6-7H2,1-4H3;5,7,10,12-13H,6,8H2,1-4H3;2-6H,1H3/t9-,11-,12+,17+;10-,12-,13+,17+;/m11./s1. The predicted molar refractivity (Wildman–Crippen MR) is 286 cm³/mol. The molecule has 37 heteroatoms. The van der Waals surface area contributed by atoms with Crippen molar-refractivity contribution in [3.05, 3.63) is 93.3 Å². The average Bonchev–Trinajstić information content (AvgIpc) is 1.72. The Morgan fingerprint density at radius 2 is 1.17 bits per heavy atom. The molecule has 0 bridgehead atoms. The second kappa shape index (κ2) is 23.8. The van der Waals surface area contributed by atoms with E-state index in [4.69, 9.17) is 56.8 Å². The largest absolute Gasteiger partial charge is 0.591 e. The fourth-order valence-corrected chi connectivity index (χ4v) is 13.1. The molecule has 0 amide bonds. The molecule has 9 heterocycles. The van der Waals surface area contributed by atoms with E-state index in [0.29, 0.717) is 16.2 Å². The number of alkyl halides is 12. The number of aromatic nitrogens is 2. The average molecular weight is 1460 g/mol. The van der Waals surface area contributed by atoms with E-state index in [-0.39, 0.29) is 76.5 Å². The van der Waals surface area contributed by atoms with Gasteiger partial charge in [0.15, 0.2) is 39.6 Å². The molecule has 11 rings (SSSR count). The fraction of sp³-hybridized carbons (Fsp3) is 0.558. The molecule has 0 N–H and O–H groups in total. The van der Waals surface area contributed by atoms with E-state index in [2.05, 4.69) is 46.4 Å². The van der Waals surface area contributed by atoms with Crippen molar-refractivity contribution in [2.45, 2.75) is 159 Å². The van der Waals surface area contributed by atoms with Crippen LogP contribution in [0, 0.1) is 17.0 Å². The van der Waals surface area contributed by atoms with Gasteiger partial charge in [-0.25, -0.2) is 14.6 Å². The second-order valence-electron chi connectivity index (χ2n) is 22.1. The van der Waals surface area contributed by atoms with Gasteiger partial charge in [0.1, 0.15) is 65.1 Å². The summed E-state index contributed by atoms with van der Waals surface area (Å²) in [6, 6.07) is 4.80. The number of fused-ring (bicyclic) bond motifs is 7. The zero-order valence-electron chi connectivity index (χ0n) is 47.2. The lowest BCUT2D eigenvalue weighted by Gasteiger charge is -2.40. The molecule has 0 saturated carbocycles. The molecule has 8 atom stereocenters. The highest BCUT2D eigenvalue weighted by Crippen LogP contribution is 2.50. The first-order chi connectivity index (χ1) is 40.8. The third-order valence-corrected chi connectivity index (χ3v) is 16.8. The molecule has 0 unspecified atom stereocenters.